The molecule has 8 nitrogen and oxygen atoms in total. The number of carbonyl (C=O) groups excluding carboxylic acids is 1. The molecule has 2 aromatic rings. The van der Waals surface area contributed by atoms with E-state index in [1.165, 1.54) is 39.5 Å². The molecule has 2 aliphatic rings. The van der Waals surface area contributed by atoms with Crippen LogP contribution in [0.2, 0.25) is 10.0 Å². The van der Waals surface area contributed by atoms with Crippen LogP contribution in [0, 0.1) is 17.1 Å². The van der Waals surface area contributed by atoms with Crippen LogP contribution in [0.5, 0.6) is 5.75 Å². The van der Waals surface area contributed by atoms with Crippen molar-refractivity contribution in [2.45, 2.75) is 16.5 Å². The number of hydrogen-bond donors (Lipinski definition) is 1. The van der Waals surface area contributed by atoms with E-state index in [1.807, 2.05) is 0 Å². The Morgan fingerprint density at radius 3 is 2.66 bits per heavy atom. The summed E-state index contributed by atoms with van der Waals surface area (Å²) in [7, 11) is -3.95. The molecule has 12 heteroatoms. The molecular formula is C20H17Cl2FN4O4S. The summed E-state index contributed by atoms with van der Waals surface area (Å²) in [6.45, 7) is -0.208. The van der Waals surface area contributed by atoms with Gasteiger partial charge in [-0.1, -0.05) is 23.2 Å². The molecular weight excluding hydrogens is 482 g/mol. The summed E-state index contributed by atoms with van der Waals surface area (Å²) in [6, 6.07) is 9.05. The fraction of sp³-hybridized carbons (Fsp3) is 0.300. The first-order valence-corrected chi connectivity index (χ1v) is 11.6. The van der Waals surface area contributed by atoms with Crippen LogP contribution < -0.4 is 10.5 Å². The van der Waals surface area contributed by atoms with Crippen molar-refractivity contribution in [3.05, 3.63) is 57.8 Å². The number of sulfonamides is 1. The van der Waals surface area contributed by atoms with Gasteiger partial charge in [0.05, 0.1) is 23.2 Å². The van der Waals surface area contributed by atoms with Gasteiger partial charge in [0.15, 0.2) is 0 Å². The SMILES string of the molecule is N#Cc1ccc(OCC23CN(S(=O)(=O)c4ccc(Cl)cc4Cl)C2CN3C(=O)CN)cc1F. The fourth-order valence-corrected chi connectivity index (χ4v) is 6.53. The van der Waals surface area contributed by atoms with E-state index in [-0.39, 0.29) is 53.4 Å². The summed E-state index contributed by atoms with van der Waals surface area (Å²) >= 11 is 12.0. The minimum absolute atomic E-state index is 0.00600. The standard InChI is InChI=1S/C20H17Cl2FN4O4S/c21-13-2-4-17(15(22)5-13)32(29,30)27-10-20(18(27)9-26(20)19(28)8-25)11-31-14-3-1-12(7-24)16(23)6-14/h1-6,18H,8-11,25H2. The second kappa shape index (κ2) is 8.17. The largest absolute Gasteiger partial charge is 0.491 e. The van der Waals surface area contributed by atoms with Gasteiger partial charge in [-0.15, -0.1) is 0 Å². The summed E-state index contributed by atoms with van der Waals surface area (Å²) in [5.41, 5.74) is 4.44. The highest BCUT2D eigenvalue weighted by Gasteiger charge is 2.69. The molecule has 2 atom stereocenters. The molecule has 2 fully saturated rings. The van der Waals surface area contributed by atoms with Gasteiger partial charge in [0.1, 0.15) is 34.7 Å². The molecule has 2 aromatic carbocycles. The van der Waals surface area contributed by atoms with Gasteiger partial charge in [-0.2, -0.15) is 9.57 Å². The minimum atomic E-state index is -3.95. The van der Waals surface area contributed by atoms with Gasteiger partial charge < -0.3 is 15.4 Å². The molecule has 0 radical (unpaired) electrons. The maximum Gasteiger partial charge on any atom is 0.245 e. The first-order chi connectivity index (χ1) is 15.1. The third-order valence-electron chi connectivity index (χ3n) is 5.80. The van der Waals surface area contributed by atoms with Crippen LogP contribution in [0.3, 0.4) is 0 Å². The molecule has 2 aliphatic heterocycles. The molecule has 1 amide bonds. The highest BCUT2D eigenvalue weighted by atomic mass is 35.5. The van der Waals surface area contributed by atoms with Crippen LogP contribution >= 0.6 is 23.2 Å². The predicted molar refractivity (Wildman–Crippen MR) is 114 cm³/mol. The number of carbonyl (C=O) groups is 1. The quantitative estimate of drug-likeness (QED) is 0.650. The Balaban J connectivity index is 1.58. The Morgan fingerprint density at radius 1 is 1.31 bits per heavy atom. The topological polar surface area (TPSA) is 117 Å². The van der Waals surface area contributed by atoms with Crippen LogP contribution in [0.15, 0.2) is 41.3 Å². The highest BCUT2D eigenvalue weighted by Crippen LogP contribution is 2.48. The Kier molecular flexibility index (Phi) is 5.81. The number of fused-ring (bicyclic) bond motifs is 1. The second-order valence-electron chi connectivity index (χ2n) is 7.49. The van der Waals surface area contributed by atoms with Crippen LogP contribution in [0.4, 0.5) is 4.39 Å². The number of piperazine rings is 1. The first kappa shape index (κ1) is 22.8. The lowest BCUT2D eigenvalue weighted by Gasteiger charge is -2.68. The molecule has 0 aliphatic carbocycles. The summed E-state index contributed by atoms with van der Waals surface area (Å²) in [5, 5.41) is 9.15. The lowest BCUT2D eigenvalue weighted by molar-refractivity contribution is -0.192. The average Bonchev–Trinajstić information content (AvgIpc) is 2.73. The predicted octanol–water partition coefficient (Wildman–Crippen LogP) is 2.00. The number of nitrogens with two attached hydrogens (primary N) is 1. The van der Waals surface area contributed by atoms with Crippen molar-refractivity contribution in [2.24, 2.45) is 5.73 Å². The van der Waals surface area contributed by atoms with E-state index in [1.54, 1.807) is 6.07 Å². The van der Waals surface area contributed by atoms with Crippen molar-refractivity contribution in [1.29, 1.82) is 5.26 Å². The fourth-order valence-electron chi connectivity index (χ4n) is 4.04. The maximum atomic E-state index is 13.9. The summed E-state index contributed by atoms with van der Waals surface area (Å²) in [4.78, 5) is 13.7. The zero-order valence-corrected chi connectivity index (χ0v) is 18.8. The molecule has 2 saturated heterocycles. The van der Waals surface area contributed by atoms with Crippen molar-refractivity contribution in [1.82, 2.24) is 9.21 Å². The molecule has 0 spiro atoms. The first-order valence-electron chi connectivity index (χ1n) is 9.44. The summed E-state index contributed by atoms with van der Waals surface area (Å²) in [5.74, 6) is -0.932. The molecule has 32 heavy (non-hydrogen) atoms. The molecule has 4 rings (SSSR count). The van der Waals surface area contributed by atoms with E-state index in [4.69, 9.17) is 38.9 Å². The Bertz CT molecular complexity index is 1250. The van der Waals surface area contributed by atoms with E-state index < -0.39 is 27.4 Å². The van der Waals surface area contributed by atoms with E-state index in [0.717, 1.165) is 6.07 Å². The van der Waals surface area contributed by atoms with Gasteiger partial charge in [0.2, 0.25) is 15.9 Å². The third kappa shape index (κ3) is 3.50. The number of ether oxygens (including phenoxy) is 1. The van der Waals surface area contributed by atoms with Crippen molar-refractivity contribution in [3.63, 3.8) is 0 Å². The number of amides is 1. The van der Waals surface area contributed by atoms with Gasteiger partial charge in [0.25, 0.3) is 0 Å². The number of likely N-dealkylation sites (tertiary alicyclic amines) is 1. The smallest absolute Gasteiger partial charge is 0.245 e. The number of rotatable bonds is 6. The van der Waals surface area contributed by atoms with Crippen LogP contribution in [-0.2, 0) is 14.8 Å². The molecule has 2 unspecified atom stereocenters. The Labute approximate surface area is 193 Å². The number of nitriles is 1. The lowest BCUT2D eigenvalue weighted by Crippen LogP contribution is -2.90. The van der Waals surface area contributed by atoms with E-state index in [0.29, 0.717) is 5.02 Å². The summed E-state index contributed by atoms with van der Waals surface area (Å²) in [6.07, 6.45) is 0. The third-order valence-corrected chi connectivity index (χ3v) is 8.37. The molecule has 2 heterocycles. The number of hydrogen-bond acceptors (Lipinski definition) is 6. The van der Waals surface area contributed by atoms with Gasteiger partial charge in [0, 0.05) is 24.2 Å². The van der Waals surface area contributed by atoms with E-state index in [9.17, 15) is 17.6 Å². The summed E-state index contributed by atoms with van der Waals surface area (Å²) < 4.78 is 47.2. The second-order valence-corrected chi connectivity index (χ2v) is 10.2. The van der Waals surface area contributed by atoms with Crippen molar-refractivity contribution in [3.8, 4) is 11.8 Å². The lowest BCUT2D eigenvalue weighted by atomic mass is 9.72. The van der Waals surface area contributed by atoms with Crippen LogP contribution in [-0.4, -0.2) is 61.4 Å². The Morgan fingerprint density at radius 2 is 2.06 bits per heavy atom. The molecule has 2 N–H and O–H groups in total. The van der Waals surface area contributed by atoms with Gasteiger partial charge in [-0.3, -0.25) is 4.79 Å². The van der Waals surface area contributed by atoms with Crippen molar-refractivity contribution >= 4 is 39.1 Å². The minimum Gasteiger partial charge on any atom is -0.491 e. The Hall–Kier alpha value is -2.42. The van der Waals surface area contributed by atoms with Gasteiger partial charge >= 0.3 is 0 Å². The number of halogens is 3. The van der Waals surface area contributed by atoms with Crippen molar-refractivity contribution < 1.29 is 22.3 Å². The van der Waals surface area contributed by atoms with Crippen molar-refractivity contribution in [2.75, 3.05) is 26.2 Å². The zero-order chi connectivity index (χ0) is 23.3. The van der Waals surface area contributed by atoms with Gasteiger partial charge in [-0.25, -0.2) is 12.8 Å². The zero-order valence-electron chi connectivity index (χ0n) is 16.5. The molecule has 168 valence electrons. The molecule has 0 saturated carbocycles. The molecule has 0 bridgehead atoms. The van der Waals surface area contributed by atoms with Crippen LogP contribution in [0.25, 0.3) is 0 Å². The van der Waals surface area contributed by atoms with E-state index in [2.05, 4.69) is 0 Å². The average molecular weight is 499 g/mol. The number of benzene rings is 2. The monoisotopic (exact) mass is 498 g/mol. The van der Waals surface area contributed by atoms with E-state index >= 15 is 0 Å². The molecule has 0 aromatic heterocycles. The normalized spacial score (nSPS) is 22.3. The van der Waals surface area contributed by atoms with Crippen LogP contribution in [0.1, 0.15) is 5.56 Å². The maximum absolute atomic E-state index is 13.9. The van der Waals surface area contributed by atoms with Gasteiger partial charge in [-0.05, 0) is 30.3 Å². The highest BCUT2D eigenvalue weighted by molar-refractivity contribution is 7.89. The number of nitrogens with zero attached hydrogens (tertiary/aromatic N) is 3.